The van der Waals surface area contributed by atoms with E-state index in [-0.39, 0.29) is 36.5 Å². The summed E-state index contributed by atoms with van der Waals surface area (Å²) in [5.74, 6) is -1.01. The highest BCUT2D eigenvalue weighted by Crippen LogP contribution is 2.15. The van der Waals surface area contributed by atoms with E-state index in [1.165, 1.54) is 10.9 Å². The van der Waals surface area contributed by atoms with Gasteiger partial charge >= 0.3 is 0 Å². The van der Waals surface area contributed by atoms with Crippen LogP contribution in [-0.2, 0) is 4.79 Å². The molecular formula is C22H24N6O3. The number of carbonyl (C=O) groups excluding carboxylic acids is 3. The van der Waals surface area contributed by atoms with Gasteiger partial charge in [0, 0.05) is 18.5 Å². The number of benzene rings is 2. The van der Waals surface area contributed by atoms with Crippen LogP contribution in [0.25, 0.3) is 5.69 Å². The number of nitrogens with zero attached hydrogens (tertiary/aromatic N) is 3. The molecule has 4 N–H and O–H groups in total. The summed E-state index contributed by atoms with van der Waals surface area (Å²) in [6.07, 6.45) is 1.63. The maximum atomic E-state index is 12.2. The first-order valence-corrected chi connectivity index (χ1v) is 9.80. The van der Waals surface area contributed by atoms with Crippen molar-refractivity contribution in [1.82, 2.24) is 25.6 Å². The highest BCUT2D eigenvalue weighted by Gasteiger charge is 2.12. The number of amides is 3. The van der Waals surface area contributed by atoms with E-state index in [4.69, 9.17) is 5.73 Å². The quantitative estimate of drug-likeness (QED) is 0.510. The summed E-state index contributed by atoms with van der Waals surface area (Å²) in [4.78, 5) is 35.5. The van der Waals surface area contributed by atoms with Gasteiger partial charge in [-0.05, 0) is 43.7 Å². The molecule has 160 valence electrons. The van der Waals surface area contributed by atoms with Crippen molar-refractivity contribution in [3.05, 3.63) is 77.1 Å². The van der Waals surface area contributed by atoms with Gasteiger partial charge in [-0.2, -0.15) is 0 Å². The molecule has 0 bridgehead atoms. The smallest absolute Gasteiger partial charge is 0.270 e. The van der Waals surface area contributed by atoms with Crippen LogP contribution in [-0.4, -0.2) is 39.3 Å². The Hall–Kier alpha value is -4.01. The molecule has 0 saturated heterocycles. The Morgan fingerprint density at radius 3 is 2.52 bits per heavy atom. The third kappa shape index (κ3) is 5.75. The fraction of sp³-hybridized carbons (Fsp3) is 0.227. The number of hydrogen-bond acceptors (Lipinski definition) is 5. The van der Waals surface area contributed by atoms with Crippen LogP contribution in [0, 0.1) is 6.92 Å². The minimum Gasteiger partial charge on any atom is -0.364 e. The molecule has 9 nitrogen and oxygen atoms in total. The topological polar surface area (TPSA) is 132 Å². The van der Waals surface area contributed by atoms with Crippen LogP contribution in [0.2, 0.25) is 0 Å². The maximum Gasteiger partial charge on any atom is 0.270 e. The molecule has 0 aliphatic heterocycles. The Morgan fingerprint density at radius 2 is 1.87 bits per heavy atom. The lowest BCUT2D eigenvalue weighted by molar-refractivity contribution is -0.121. The number of hydrogen-bond donors (Lipinski definition) is 3. The molecule has 3 amide bonds. The Balaban J connectivity index is 1.49. The first kappa shape index (κ1) is 21.7. The van der Waals surface area contributed by atoms with Crippen LogP contribution >= 0.6 is 0 Å². The number of carbonyl (C=O) groups is 3. The molecule has 1 atom stereocenters. The lowest BCUT2D eigenvalue weighted by Crippen LogP contribution is -2.32. The Labute approximate surface area is 179 Å². The summed E-state index contributed by atoms with van der Waals surface area (Å²) in [5.41, 5.74) is 8.45. The number of nitrogens with two attached hydrogens (primary N) is 1. The molecule has 0 spiro atoms. The third-order valence-electron chi connectivity index (χ3n) is 4.70. The molecule has 31 heavy (non-hydrogen) atoms. The van der Waals surface area contributed by atoms with E-state index in [9.17, 15) is 14.4 Å². The molecular weight excluding hydrogens is 396 g/mol. The molecule has 9 heteroatoms. The van der Waals surface area contributed by atoms with Crippen molar-refractivity contribution in [1.29, 1.82) is 0 Å². The predicted molar refractivity (Wildman–Crippen MR) is 115 cm³/mol. The van der Waals surface area contributed by atoms with Crippen molar-refractivity contribution in [3.8, 4) is 5.69 Å². The van der Waals surface area contributed by atoms with Crippen LogP contribution in [0.15, 0.2) is 54.7 Å². The fourth-order valence-corrected chi connectivity index (χ4v) is 2.99. The van der Waals surface area contributed by atoms with Crippen LogP contribution in [0.3, 0.4) is 0 Å². The normalized spacial score (nSPS) is 11.5. The number of primary amides is 1. The minimum atomic E-state index is -0.644. The summed E-state index contributed by atoms with van der Waals surface area (Å²) in [6.45, 7) is 4.04. The second-order valence-electron chi connectivity index (χ2n) is 7.17. The fourth-order valence-electron chi connectivity index (χ4n) is 2.99. The number of aromatic nitrogens is 3. The molecule has 1 heterocycles. The van der Waals surface area contributed by atoms with Gasteiger partial charge in [-0.3, -0.25) is 14.4 Å². The van der Waals surface area contributed by atoms with Gasteiger partial charge in [0.05, 0.1) is 17.9 Å². The van der Waals surface area contributed by atoms with Crippen molar-refractivity contribution < 1.29 is 14.4 Å². The Bertz CT molecular complexity index is 1090. The van der Waals surface area contributed by atoms with Gasteiger partial charge < -0.3 is 16.4 Å². The van der Waals surface area contributed by atoms with Gasteiger partial charge in [0.15, 0.2) is 5.69 Å². The summed E-state index contributed by atoms with van der Waals surface area (Å²) >= 11 is 0. The Morgan fingerprint density at radius 1 is 1.13 bits per heavy atom. The molecule has 0 saturated carbocycles. The van der Waals surface area contributed by atoms with E-state index >= 15 is 0 Å². The number of nitrogens with one attached hydrogen (secondary N) is 2. The lowest BCUT2D eigenvalue weighted by atomic mass is 10.1. The van der Waals surface area contributed by atoms with E-state index in [0.29, 0.717) is 11.3 Å². The minimum absolute atomic E-state index is 0.0826. The molecule has 1 aromatic heterocycles. The zero-order chi connectivity index (χ0) is 22.4. The molecule has 2 aromatic carbocycles. The van der Waals surface area contributed by atoms with Gasteiger partial charge in [-0.1, -0.05) is 35.0 Å². The number of aryl methyl sites for hydroxylation is 1. The Kier molecular flexibility index (Phi) is 6.76. The lowest BCUT2D eigenvalue weighted by Gasteiger charge is -2.15. The largest absolute Gasteiger partial charge is 0.364 e. The maximum absolute atomic E-state index is 12.2. The van der Waals surface area contributed by atoms with E-state index in [2.05, 4.69) is 20.9 Å². The van der Waals surface area contributed by atoms with Crippen molar-refractivity contribution in [2.45, 2.75) is 26.3 Å². The van der Waals surface area contributed by atoms with Gasteiger partial charge in [-0.15, -0.1) is 5.10 Å². The van der Waals surface area contributed by atoms with E-state index < -0.39 is 5.91 Å². The highest BCUT2D eigenvalue weighted by atomic mass is 16.2. The second-order valence-corrected chi connectivity index (χ2v) is 7.17. The van der Waals surface area contributed by atoms with Crippen molar-refractivity contribution >= 4 is 17.7 Å². The average molecular weight is 420 g/mol. The predicted octanol–water partition coefficient (Wildman–Crippen LogP) is 1.67. The van der Waals surface area contributed by atoms with Crippen LogP contribution in [0.4, 0.5) is 0 Å². The van der Waals surface area contributed by atoms with Crippen molar-refractivity contribution in [3.63, 3.8) is 0 Å². The summed E-state index contributed by atoms with van der Waals surface area (Å²) < 4.78 is 1.45. The van der Waals surface area contributed by atoms with Crippen molar-refractivity contribution in [2.24, 2.45) is 5.73 Å². The van der Waals surface area contributed by atoms with E-state index in [0.717, 1.165) is 11.1 Å². The van der Waals surface area contributed by atoms with Crippen molar-refractivity contribution in [2.75, 3.05) is 6.54 Å². The molecule has 0 fully saturated rings. The summed E-state index contributed by atoms with van der Waals surface area (Å²) in [5, 5.41) is 13.2. The van der Waals surface area contributed by atoms with E-state index in [1.54, 1.807) is 24.3 Å². The standard InChI is InChI=1S/C22H24N6O3/c1-14-4-3-5-17(12-14)22(31)24-11-10-20(29)25-15(2)16-6-8-18(9-7-16)28-13-19(21(23)30)26-27-28/h3-9,12-13,15H,10-11H2,1-2H3,(H2,23,30)(H,24,31)(H,25,29)/t15-/m0/s1. The molecule has 0 unspecified atom stereocenters. The SMILES string of the molecule is Cc1cccc(C(=O)NCCC(=O)N[C@@H](C)c2ccc(-n3cc(C(N)=O)nn3)cc2)c1. The zero-order valence-electron chi connectivity index (χ0n) is 17.3. The molecule has 3 aromatic rings. The van der Waals surface area contributed by atoms with Gasteiger partial charge in [0.1, 0.15) is 0 Å². The highest BCUT2D eigenvalue weighted by molar-refractivity contribution is 5.94. The monoisotopic (exact) mass is 420 g/mol. The second kappa shape index (κ2) is 9.66. The summed E-state index contributed by atoms with van der Waals surface area (Å²) in [6, 6.07) is 14.4. The molecule has 0 aliphatic carbocycles. The molecule has 0 aliphatic rings. The van der Waals surface area contributed by atoms with E-state index in [1.807, 2.05) is 38.1 Å². The van der Waals surface area contributed by atoms with Crippen LogP contribution in [0.1, 0.15) is 51.4 Å². The van der Waals surface area contributed by atoms with Gasteiger partial charge in [-0.25, -0.2) is 4.68 Å². The van der Waals surface area contributed by atoms with Crippen LogP contribution in [0.5, 0.6) is 0 Å². The number of rotatable bonds is 8. The average Bonchev–Trinajstić information content (AvgIpc) is 3.24. The summed E-state index contributed by atoms with van der Waals surface area (Å²) in [7, 11) is 0. The third-order valence-corrected chi connectivity index (χ3v) is 4.70. The van der Waals surface area contributed by atoms with Gasteiger partial charge in [0.25, 0.3) is 11.8 Å². The molecule has 3 rings (SSSR count). The first-order chi connectivity index (χ1) is 14.8. The molecule has 0 radical (unpaired) electrons. The van der Waals surface area contributed by atoms with Crippen LogP contribution < -0.4 is 16.4 Å². The van der Waals surface area contributed by atoms with Gasteiger partial charge in [0.2, 0.25) is 5.91 Å². The zero-order valence-corrected chi connectivity index (χ0v) is 17.3. The first-order valence-electron chi connectivity index (χ1n) is 9.80.